The lowest BCUT2D eigenvalue weighted by molar-refractivity contribution is -0.135. The van der Waals surface area contributed by atoms with Crippen LogP contribution in [0.15, 0.2) is 36.5 Å². The van der Waals surface area contributed by atoms with Crippen LogP contribution in [0.4, 0.5) is 0 Å². The molecule has 1 aliphatic heterocycles. The lowest BCUT2D eigenvalue weighted by Crippen LogP contribution is -2.41. The van der Waals surface area contributed by atoms with E-state index in [1.807, 2.05) is 46.8 Å². The van der Waals surface area contributed by atoms with Crippen LogP contribution in [-0.2, 0) is 9.59 Å². The zero-order valence-electron chi connectivity index (χ0n) is 12.8. The summed E-state index contributed by atoms with van der Waals surface area (Å²) < 4.78 is 0. The van der Waals surface area contributed by atoms with Crippen LogP contribution in [0.25, 0.3) is 0 Å². The molecule has 0 aromatic heterocycles. The van der Waals surface area contributed by atoms with Crippen molar-refractivity contribution in [2.24, 2.45) is 5.92 Å². The topological polar surface area (TPSA) is 46.2 Å². The Kier molecular flexibility index (Phi) is 13.3. The molecule has 1 atom stereocenters. The van der Waals surface area contributed by atoms with Gasteiger partial charge in [-0.15, -0.1) is 0 Å². The van der Waals surface area contributed by atoms with Crippen molar-refractivity contribution in [2.75, 3.05) is 0 Å². The highest BCUT2D eigenvalue weighted by Gasteiger charge is 2.27. The number of piperidine rings is 1. The minimum atomic E-state index is -0.225. The molecule has 1 N–H and O–H groups in total. The zero-order chi connectivity index (χ0) is 15.3. The van der Waals surface area contributed by atoms with Crippen LogP contribution in [0, 0.1) is 5.92 Å². The first kappa shape index (κ1) is 19.7. The fourth-order valence-electron chi connectivity index (χ4n) is 1.63. The third kappa shape index (κ3) is 7.39. The van der Waals surface area contributed by atoms with Crippen molar-refractivity contribution in [3.05, 3.63) is 36.5 Å². The summed E-state index contributed by atoms with van der Waals surface area (Å²) in [6.07, 6.45) is 8.19. The Labute approximate surface area is 117 Å². The summed E-state index contributed by atoms with van der Waals surface area (Å²) in [5.74, 6) is -0.621. The molecule has 0 saturated carbocycles. The van der Waals surface area contributed by atoms with Crippen LogP contribution in [0.2, 0.25) is 0 Å². The number of rotatable bonds is 3. The Morgan fingerprint density at radius 3 is 2.26 bits per heavy atom. The molecule has 0 aliphatic carbocycles. The predicted octanol–water partition coefficient (Wildman–Crippen LogP) is 3.78. The van der Waals surface area contributed by atoms with E-state index in [0.717, 1.165) is 5.57 Å². The lowest BCUT2D eigenvalue weighted by Gasteiger charge is -2.21. The second-order valence-electron chi connectivity index (χ2n) is 3.41. The minimum Gasteiger partial charge on any atom is -0.296 e. The quantitative estimate of drug-likeness (QED) is 0.623. The molecule has 0 radical (unpaired) electrons. The molecule has 3 heteroatoms. The molecule has 0 aromatic rings. The van der Waals surface area contributed by atoms with E-state index in [2.05, 4.69) is 11.9 Å². The summed E-state index contributed by atoms with van der Waals surface area (Å²) in [5.41, 5.74) is 0.900. The molecule has 1 rings (SSSR count). The maximum Gasteiger partial charge on any atom is 0.234 e. The summed E-state index contributed by atoms with van der Waals surface area (Å²) in [6.45, 7) is 13.5. The first-order valence-corrected chi connectivity index (χ1v) is 6.98. The van der Waals surface area contributed by atoms with E-state index in [-0.39, 0.29) is 17.7 Å². The monoisotopic (exact) mass is 265 g/mol. The Morgan fingerprint density at radius 1 is 1.26 bits per heavy atom. The maximum absolute atomic E-state index is 11.6. The van der Waals surface area contributed by atoms with Crippen molar-refractivity contribution in [1.82, 2.24) is 5.32 Å². The van der Waals surface area contributed by atoms with E-state index in [1.165, 1.54) is 0 Å². The zero-order valence-corrected chi connectivity index (χ0v) is 12.8. The third-order valence-electron chi connectivity index (χ3n) is 2.31. The predicted molar refractivity (Wildman–Crippen MR) is 81.7 cm³/mol. The Bertz CT molecular complexity index is 341. The lowest BCUT2D eigenvalue weighted by atomic mass is 9.89. The van der Waals surface area contributed by atoms with Gasteiger partial charge in [-0.1, -0.05) is 58.6 Å². The van der Waals surface area contributed by atoms with Crippen molar-refractivity contribution >= 4 is 11.8 Å². The van der Waals surface area contributed by atoms with Crippen LogP contribution < -0.4 is 5.32 Å². The van der Waals surface area contributed by atoms with Gasteiger partial charge in [0.05, 0.1) is 5.92 Å². The molecular weight excluding hydrogens is 238 g/mol. The summed E-state index contributed by atoms with van der Waals surface area (Å²) >= 11 is 0. The molecule has 19 heavy (non-hydrogen) atoms. The summed E-state index contributed by atoms with van der Waals surface area (Å²) in [4.78, 5) is 22.5. The fraction of sp³-hybridized carbons (Fsp3) is 0.500. The van der Waals surface area contributed by atoms with Gasteiger partial charge >= 0.3 is 0 Å². The molecule has 1 heterocycles. The maximum atomic E-state index is 11.6. The van der Waals surface area contributed by atoms with Crippen molar-refractivity contribution in [3.63, 3.8) is 0 Å². The smallest absolute Gasteiger partial charge is 0.234 e. The van der Waals surface area contributed by atoms with Gasteiger partial charge in [0.2, 0.25) is 11.8 Å². The molecule has 1 unspecified atom stereocenters. The van der Waals surface area contributed by atoms with E-state index < -0.39 is 0 Å². The molecule has 2 amide bonds. The average molecular weight is 265 g/mol. The highest BCUT2D eigenvalue weighted by molar-refractivity contribution is 6.00. The molecule has 108 valence electrons. The minimum absolute atomic E-state index is 0.185. The summed E-state index contributed by atoms with van der Waals surface area (Å²) in [7, 11) is 0. The Hall–Kier alpha value is -1.64. The van der Waals surface area contributed by atoms with Crippen LogP contribution in [0.3, 0.4) is 0 Å². The molecule has 0 aromatic carbocycles. The van der Waals surface area contributed by atoms with Crippen LogP contribution in [0.5, 0.6) is 0 Å². The van der Waals surface area contributed by atoms with Crippen molar-refractivity contribution in [1.29, 1.82) is 0 Å². The highest BCUT2D eigenvalue weighted by atomic mass is 16.2. The van der Waals surface area contributed by atoms with Crippen LogP contribution in [-0.4, -0.2) is 11.8 Å². The number of carbonyl (C=O) groups is 2. The van der Waals surface area contributed by atoms with Gasteiger partial charge in [0.25, 0.3) is 0 Å². The summed E-state index contributed by atoms with van der Waals surface area (Å²) in [6, 6.07) is 0. The molecule has 1 fully saturated rings. The molecule has 3 nitrogen and oxygen atoms in total. The van der Waals surface area contributed by atoms with E-state index in [1.54, 1.807) is 12.2 Å². The third-order valence-corrected chi connectivity index (χ3v) is 2.31. The molecular formula is C16H27NO2. The number of carbonyl (C=O) groups excluding carboxylic acids is 2. The van der Waals surface area contributed by atoms with Crippen LogP contribution in [0.1, 0.15) is 47.5 Å². The van der Waals surface area contributed by atoms with Gasteiger partial charge in [0, 0.05) is 6.42 Å². The van der Waals surface area contributed by atoms with Crippen molar-refractivity contribution < 1.29 is 9.59 Å². The SMILES string of the molecule is C=C/C=C(\C=C/C)C1CCC(=O)NC1=O.CC.CC. The second-order valence-corrected chi connectivity index (χ2v) is 3.41. The van der Waals surface area contributed by atoms with E-state index >= 15 is 0 Å². The molecule has 1 saturated heterocycles. The second kappa shape index (κ2) is 12.8. The van der Waals surface area contributed by atoms with Gasteiger partial charge in [-0.3, -0.25) is 14.9 Å². The van der Waals surface area contributed by atoms with Gasteiger partial charge < -0.3 is 0 Å². The number of amides is 2. The van der Waals surface area contributed by atoms with Gasteiger partial charge in [0.15, 0.2) is 0 Å². The number of imide groups is 1. The van der Waals surface area contributed by atoms with E-state index in [9.17, 15) is 9.59 Å². The Balaban J connectivity index is 0. The molecule has 0 bridgehead atoms. The number of hydrogen-bond acceptors (Lipinski definition) is 2. The molecule has 1 aliphatic rings. The van der Waals surface area contributed by atoms with Crippen LogP contribution >= 0.6 is 0 Å². The summed E-state index contributed by atoms with van der Waals surface area (Å²) in [5, 5.41) is 2.34. The van der Waals surface area contributed by atoms with E-state index in [4.69, 9.17) is 0 Å². The first-order chi connectivity index (χ1) is 9.19. The fourth-order valence-corrected chi connectivity index (χ4v) is 1.63. The standard InChI is InChI=1S/C12H15NO2.2C2H6/c1-3-5-9(6-4-2)10-7-8-11(14)13-12(10)15;2*1-2/h3-6,10H,1,7-8H2,2H3,(H,13,14,15);2*1-2H3/b6-4-,9-5+;;. The van der Waals surface area contributed by atoms with Crippen molar-refractivity contribution in [2.45, 2.75) is 47.5 Å². The van der Waals surface area contributed by atoms with Gasteiger partial charge in [-0.05, 0) is 18.9 Å². The van der Waals surface area contributed by atoms with E-state index in [0.29, 0.717) is 12.8 Å². The number of allylic oxidation sites excluding steroid dienone is 4. The normalized spacial score (nSPS) is 18.8. The van der Waals surface area contributed by atoms with Crippen molar-refractivity contribution in [3.8, 4) is 0 Å². The van der Waals surface area contributed by atoms with Gasteiger partial charge in [-0.25, -0.2) is 0 Å². The number of hydrogen-bond donors (Lipinski definition) is 1. The highest BCUT2D eigenvalue weighted by Crippen LogP contribution is 2.22. The first-order valence-electron chi connectivity index (χ1n) is 6.98. The average Bonchev–Trinajstić information content (AvgIpc) is 2.43. The molecule has 0 spiro atoms. The number of nitrogens with one attached hydrogen (secondary N) is 1. The van der Waals surface area contributed by atoms with Gasteiger partial charge in [-0.2, -0.15) is 0 Å². The van der Waals surface area contributed by atoms with Gasteiger partial charge in [0.1, 0.15) is 0 Å². The Morgan fingerprint density at radius 2 is 1.84 bits per heavy atom. The largest absolute Gasteiger partial charge is 0.296 e.